The van der Waals surface area contributed by atoms with Crippen molar-refractivity contribution in [2.24, 2.45) is 0 Å². The number of benzene rings is 1. The fraction of sp³-hybridized carbons (Fsp3) is 0.571. The molecule has 94 valence electrons. The molecule has 0 saturated carbocycles. The minimum Gasteiger partial charge on any atom is -0.395 e. The Bertz CT molecular complexity index is 402. The summed E-state index contributed by atoms with van der Waals surface area (Å²) in [5.74, 6) is 0. The molecule has 17 heavy (non-hydrogen) atoms. The van der Waals surface area contributed by atoms with Gasteiger partial charge in [-0.3, -0.25) is 5.43 Å². The molecule has 1 aromatic carbocycles. The Kier molecular flexibility index (Phi) is 3.52. The molecule has 1 aliphatic rings. The number of nitrogens with one attached hydrogen (secondary N) is 2. The summed E-state index contributed by atoms with van der Waals surface area (Å²) in [6.45, 7) is 8.89. The van der Waals surface area contributed by atoms with Gasteiger partial charge in [0, 0.05) is 12.1 Å². The van der Waals surface area contributed by atoms with Gasteiger partial charge >= 0.3 is 0 Å². The van der Waals surface area contributed by atoms with Gasteiger partial charge in [0.05, 0.1) is 6.61 Å². The zero-order valence-electron chi connectivity index (χ0n) is 11.1. The molecule has 1 heterocycles. The van der Waals surface area contributed by atoms with Crippen molar-refractivity contribution in [1.29, 1.82) is 0 Å². The molecule has 2 atom stereocenters. The number of hydrazine groups is 1. The van der Waals surface area contributed by atoms with Gasteiger partial charge in [-0.2, -0.15) is 0 Å². The number of aliphatic hydroxyl groups is 1. The van der Waals surface area contributed by atoms with Gasteiger partial charge in [0.25, 0.3) is 0 Å². The highest BCUT2D eigenvalue weighted by Gasteiger charge is 2.27. The summed E-state index contributed by atoms with van der Waals surface area (Å²) in [6.07, 6.45) is 0.946. The molecule has 0 amide bonds. The van der Waals surface area contributed by atoms with Crippen molar-refractivity contribution in [3.63, 3.8) is 0 Å². The Balaban J connectivity index is 2.38. The first-order valence-corrected chi connectivity index (χ1v) is 6.23. The summed E-state index contributed by atoms with van der Waals surface area (Å²) in [4.78, 5) is 0. The molecule has 3 nitrogen and oxygen atoms in total. The molecule has 0 bridgehead atoms. The standard InChI is InChI=1S/C14H22N2O/c1-8-5-9(2)11(4)14(10(8)3)13-6-12(7-17)15-16-13/h5,12-13,15-17H,6-7H2,1-4H3. The molecule has 1 fully saturated rings. The third kappa shape index (κ3) is 2.23. The van der Waals surface area contributed by atoms with E-state index >= 15 is 0 Å². The molecule has 0 spiro atoms. The summed E-state index contributed by atoms with van der Waals surface area (Å²) in [5, 5.41) is 9.18. The van der Waals surface area contributed by atoms with Crippen LogP contribution in [0.1, 0.15) is 40.3 Å². The summed E-state index contributed by atoms with van der Waals surface area (Å²) >= 11 is 0. The Labute approximate surface area is 103 Å². The quantitative estimate of drug-likeness (QED) is 0.731. The molecular formula is C14H22N2O. The van der Waals surface area contributed by atoms with Crippen LogP contribution in [0.4, 0.5) is 0 Å². The van der Waals surface area contributed by atoms with E-state index in [9.17, 15) is 5.11 Å². The van der Waals surface area contributed by atoms with Gasteiger partial charge in [-0.15, -0.1) is 0 Å². The lowest BCUT2D eigenvalue weighted by Crippen LogP contribution is -2.33. The van der Waals surface area contributed by atoms with Crippen molar-refractivity contribution in [2.75, 3.05) is 6.61 Å². The van der Waals surface area contributed by atoms with E-state index in [-0.39, 0.29) is 12.6 Å². The second-order valence-corrected chi connectivity index (χ2v) is 5.13. The highest BCUT2D eigenvalue weighted by molar-refractivity contribution is 5.46. The number of hydrogen-bond acceptors (Lipinski definition) is 3. The maximum atomic E-state index is 9.18. The van der Waals surface area contributed by atoms with Crippen LogP contribution in [0.5, 0.6) is 0 Å². The Morgan fingerprint density at radius 2 is 1.71 bits per heavy atom. The normalized spacial score (nSPS) is 24.3. The molecule has 3 heteroatoms. The monoisotopic (exact) mass is 234 g/mol. The van der Waals surface area contributed by atoms with Gasteiger partial charge in [-0.25, -0.2) is 5.43 Å². The maximum Gasteiger partial charge on any atom is 0.0598 e. The molecule has 1 aromatic rings. The van der Waals surface area contributed by atoms with E-state index in [1.807, 2.05) is 0 Å². The summed E-state index contributed by atoms with van der Waals surface area (Å²) in [6, 6.07) is 2.73. The largest absolute Gasteiger partial charge is 0.395 e. The number of aliphatic hydroxyl groups excluding tert-OH is 1. The van der Waals surface area contributed by atoms with E-state index in [4.69, 9.17) is 0 Å². The first-order chi connectivity index (χ1) is 8.04. The molecule has 0 radical (unpaired) electrons. The van der Waals surface area contributed by atoms with Crippen LogP contribution in [0.2, 0.25) is 0 Å². The molecule has 3 N–H and O–H groups in total. The summed E-state index contributed by atoms with van der Waals surface area (Å²) in [5.41, 5.74) is 13.3. The number of rotatable bonds is 2. The lowest BCUT2D eigenvalue weighted by Gasteiger charge is -2.20. The van der Waals surface area contributed by atoms with Gasteiger partial charge < -0.3 is 5.11 Å². The summed E-state index contributed by atoms with van der Waals surface area (Å²) < 4.78 is 0. The predicted molar refractivity (Wildman–Crippen MR) is 69.9 cm³/mol. The first kappa shape index (κ1) is 12.6. The van der Waals surface area contributed by atoms with Crippen LogP contribution in [0.15, 0.2) is 6.07 Å². The molecule has 2 unspecified atom stereocenters. The van der Waals surface area contributed by atoms with E-state index < -0.39 is 0 Å². The molecule has 2 rings (SSSR count). The van der Waals surface area contributed by atoms with Crippen molar-refractivity contribution < 1.29 is 5.11 Å². The third-order valence-corrected chi connectivity index (χ3v) is 3.97. The highest BCUT2D eigenvalue weighted by atomic mass is 16.3. The van der Waals surface area contributed by atoms with E-state index in [1.165, 1.54) is 27.8 Å². The van der Waals surface area contributed by atoms with E-state index in [0.717, 1.165) is 6.42 Å². The lowest BCUT2D eigenvalue weighted by atomic mass is 9.88. The van der Waals surface area contributed by atoms with Crippen molar-refractivity contribution in [1.82, 2.24) is 10.9 Å². The van der Waals surface area contributed by atoms with E-state index in [2.05, 4.69) is 44.6 Å². The van der Waals surface area contributed by atoms with Gasteiger partial charge in [-0.1, -0.05) is 6.07 Å². The summed E-state index contributed by atoms with van der Waals surface area (Å²) in [7, 11) is 0. The number of hydrogen-bond donors (Lipinski definition) is 3. The molecule has 1 aliphatic heterocycles. The van der Waals surface area contributed by atoms with Crippen LogP contribution in [-0.2, 0) is 0 Å². The topological polar surface area (TPSA) is 44.3 Å². The van der Waals surface area contributed by atoms with Crippen LogP contribution < -0.4 is 10.9 Å². The van der Waals surface area contributed by atoms with Gasteiger partial charge in [-0.05, 0) is 61.9 Å². The number of aryl methyl sites for hydroxylation is 2. The van der Waals surface area contributed by atoms with Crippen molar-refractivity contribution >= 4 is 0 Å². The van der Waals surface area contributed by atoms with Gasteiger partial charge in [0.1, 0.15) is 0 Å². The van der Waals surface area contributed by atoms with Gasteiger partial charge in [0.15, 0.2) is 0 Å². The Morgan fingerprint density at radius 3 is 2.18 bits per heavy atom. The Morgan fingerprint density at radius 1 is 1.12 bits per heavy atom. The lowest BCUT2D eigenvalue weighted by molar-refractivity contribution is 0.251. The van der Waals surface area contributed by atoms with Gasteiger partial charge in [0.2, 0.25) is 0 Å². The van der Waals surface area contributed by atoms with Crippen LogP contribution >= 0.6 is 0 Å². The highest BCUT2D eigenvalue weighted by Crippen LogP contribution is 2.31. The predicted octanol–water partition coefficient (Wildman–Crippen LogP) is 1.82. The average Bonchev–Trinajstić information content (AvgIpc) is 2.75. The minimum absolute atomic E-state index is 0.166. The smallest absolute Gasteiger partial charge is 0.0598 e. The second-order valence-electron chi connectivity index (χ2n) is 5.13. The van der Waals surface area contributed by atoms with Crippen molar-refractivity contribution in [2.45, 2.75) is 46.2 Å². The fourth-order valence-electron chi connectivity index (χ4n) is 2.70. The minimum atomic E-state index is 0.166. The maximum absolute atomic E-state index is 9.18. The van der Waals surface area contributed by atoms with E-state index in [0.29, 0.717) is 6.04 Å². The molecule has 0 aliphatic carbocycles. The van der Waals surface area contributed by atoms with Crippen LogP contribution in [0.3, 0.4) is 0 Å². The zero-order valence-corrected chi connectivity index (χ0v) is 11.1. The molecule has 1 saturated heterocycles. The van der Waals surface area contributed by atoms with E-state index in [1.54, 1.807) is 0 Å². The first-order valence-electron chi connectivity index (χ1n) is 6.23. The van der Waals surface area contributed by atoms with Crippen LogP contribution in [0, 0.1) is 27.7 Å². The average molecular weight is 234 g/mol. The third-order valence-electron chi connectivity index (χ3n) is 3.97. The molecular weight excluding hydrogens is 212 g/mol. The van der Waals surface area contributed by atoms with Crippen LogP contribution in [0.25, 0.3) is 0 Å². The molecule has 0 aromatic heterocycles. The van der Waals surface area contributed by atoms with Crippen LogP contribution in [-0.4, -0.2) is 17.8 Å². The van der Waals surface area contributed by atoms with Crippen molar-refractivity contribution in [3.8, 4) is 0 Å². The van der Waals surface area contributed by atoms with Crippen molar-refractivity contribution in [3.05, 3.63) is 33.9 Å². The zero-order chi connectivity index (χ0) is 12.6. The Hall–Kier alpha value is -0.900. The fourth-order valence-corrected chi connectivity index (χ4v) is 2.70. The second kappa shape index (κ2) is 4.77. The SMILES string of the molecule is Cc1cc(C)c(C)c(C2CC(CO)NN2)c1C.